The van der Waals surface area contributed by atoms with Crippen molar-refractivity contribution in [2.24, 2.45) is 5.92 Å². The Morgan fingerprint density at radius 3 is 2.09 bits per heavy atom. The van der Waals surface area contributed by atoms with Crippen molar-refractivity contribution in [3.63, 3.8) is 0 Å². The number of H-pyrrole nitrogens is 1. The number of nitriles is 1. The lowest BCUT2D eigenvalue weighted by atomic mass is 10.1. The zero-order valence-electron chi connectivity index (χ0n) is 17.3. The minimum atomic E-state index is -4.96. The van der Waals surface area contributed by atoms with E-state index in [1.54, 1.807) is 6.07 Å². The van der Waals surface area contributed by atoms with Crippen LogP contribution in [0.25, 0.3) is 11.3 Å². The van der Waals surface area contributed by atoms with Crippen LogP contribution in [0.15, 0.2) is 36.4 Å². The van der Waals surface area contributed by atoms with Gasteiger partial charge in [0.25, 0.3) is 0 Å². The zero-order valence-corrected chi connectivity index (χ0v) is 17.3. The summed E-state index contributed by atoms with van der Waals surface area (Å²) in [6.07, 6.45) is -7.86. The van der Waals surface area contributed by atoms with E-state index in [1.165, 1.54) is 12.1 Å². The van der Waals surface area contributed by atoms with E-state index in [0.717, 1.165) is 12.8 Å². The summed E-state index contributed by atoms with van der Waals surface area (Å²) < 4.78 is 90.0. The smallest absolute Gasteiger partial charge is 0.416 e. The van der Waals surface area contributed by atoms with Crippen LogP contribution in [0.5, 0.6) is 11.5 Å². The fourth-order valence-corrected chi connectivity index (χ4v) is 3.15. The van der Waals surface area contributed by atoms with E-state index < -0.39 is 30.1 Å². The molecule has 1 heterocycles. The van der Waals surface area contributed by atoms with E-state index in [1.807, 2.05) is 6.07 Å². The van der Waals surface area contributed by atoms with Crippen molar-refractivity contribution in [2.45, 2.75) is 31.8 Å². The summed E-state index contributed by atoms with van der Waals surface area (Å²) >= 11 is 0. The summed E-state index contributed by atoms with van der Waals surface area (Å²) in [4.78, 5) is 0. The zero-order chi connectivity index (χ0) is 24.5. The molecule has 1 aromatic heterocycles. The second-order valence-electron chi connectivity index (χ2n) is 7.80. The first-order valence-corrected chi connectivity index (χ1v) is 10.0. The van der Waals surface area contributed by atoms with Crippen molar-refractivity contribution in [1.82, 2.24) is 15.4 Å². The number of nitrogens with one attached hydrogen (secondary N) is 1. The third kappa shape index (κ3) is 5.59. The summed E-state index contributed by atoms with van der Waals surface area (Å²) in [6, 6.07) is 7.68. The third-order valence-corrected chi connectivity index (χ3v) is 5.05. The molecule has 1 saturated carbocycles. The highest BCUT2D eigenvalue weighted by Crippen LogP contribution is 2.37. The lowest BCUT2D eigenvalue weighted by Crippen LogP contribution is -2.12. The van der Waals surface area contributed by atoms with Gasteiger partial charge in [0.1, 0.15) is 29.9 Å². The van der Waals surface area contributed by atoms with E-state index in [9.17, 15) is 31.6 Å². The van der Waals surface area contributed by atoms with Gasteiger partial charge in [-0.3, -0.25) is 0 Å². The topological polar surface area (TPSA) is 83.8 Å². The van der Waals surface area contributed by atoms with Crippen LogP contribution < -0.4 is 9.47 Å². The molecular weight excluding hydrogens is 466 g/mol. The molecule has 0 saturated heterocycles. The van der Waals surface area contributed by atoms with Crippen molar-refractivity contribution >= 4 is 0 Å². The normalized spacial score (nSPS) is 14.0. The molecule has 1 aliphatic carbocycles. The quantitative estimate of drug-likeness (QED) is 0.434. The maximum absolute atomic E-state index is 13.1. The predicted molar refractivity (Wildman–Crippen MR) is 106 cm³/mol. The number of benzene rings is 2. The molecule has 0 spiro atoms. The van der Waals surface area contributed by atoms with Gasteiger partial charge >= 0.3 is 12.4 Å². The van der Waals surface area contributed by atoms with E-state index in [0.29, 0.717) is 36.0 Å². The maximum Gasteiger partial charge on any atom is 0.416 e. The van der Waals surface area contributed by atoms with Gasteiger partial charge in [0.2, 0.25) is 0 Å². The lowest BCUT2D eigenvalue weighted by Gasteiger charge is -2.15. The third-order valence-electron chi connectivity index (χ3n) is 5.05. The predicted octanol–water partition coefficient (Wildman–Crippen LogP) is 5.75. The number of alkyl halides is 6. The highest BCUT2D eigenvalue weighted by molar-refractivity contribution is 5.67. The van der Waals surface area contributed by atoms with E-state index in [4.69, 9.17) is 9.47 Å². The Morgan fingerprint density at radius 2 is 1.53 bits per heavy atom. The van der Waals surface area contributed by atoms with Crippen LogP contribution in [-0.2, 0) is 19.0 Å². The van der Waals surface area contributed by atoms with Gasteiger partial charge in [-0.15, -0.1) is 5.10 Å². The molecule has 0 bridgehead atoms. The number of aromatic amines is 1. The Balaban J connectivity index is 1.63. The number of rotatable bonds is 7. The van der Waals surface area contributed by atoms with Crippen LogP contribution in [0.4, 0.5) is 26.3 Å². The van der Waals surface area contributed by atoms with E-state index in [2.05, 4.69) is 15.4 Å². The number of ether oxygens (including phenoxy) is 2. The van der Waals surface area contributed by atoms with Crippen molar-refractivity contribution in [1.29, 1.82) is 5.26 Å². The number of nitrogens with zero attached hydrogens (tertiary/aromatic N) is 3. The van der Waals surface area contributed by atoms with Crippen LogP contribution in [0.3, 0.4) is 0 Å². The van der Waals surface area contributed by atoms with Crippen molar-refractivity contribution in [2.75, 3.05) is 6.61 Å². The second-order valence-corrected chi connectivity index (χ2v) is 7.80. The van der Waals surface area contributed by atoms with Crippen LogP contribution in [0, 0.1) is 17.2 Å². The lowest BCUT2D eigenvalue weighted by molar-refractivity contribution is -0.143. The molecule has 0 unspecified atom stereocenters. The van der Waals surface area contributed by atoms with Gasteiger partial charge in [-0.2, -0.15) is 31.6 Å². The largest absolute Gasteiger partial charge is 0.493 e. The Bertz CT molecular complexity index is 1190. The summed E-state index contributed by atoms with van der Waals surface area (Å²) in [5.41, 5.74) is -2.52. The standard InChI is InChI=1S/C22H16F6N4O2/c23-21(24,25)15-3-13(4-16(7-15)22(26,27)28)11-34-18-6-14(20-19(9-29)30-32-31-20)5-17(8-18)33-10-12-1-2-12/h3-8,12H,1-2,10-11H2,(H,30,31,32). The first kappa shape index (κ1) is 23.4. The highest BCUT2D eigenvalue weighted by atomic mass is 19.4. The van der Waals surface area contributed by atoms with Crippen molar-refractivity contribution in [3.05, 3.63) is 58.8 Å². The van der Waals surface area contributed by atoms with Gasteiger partial charge in [0.15, 0.2) is 5.69 Å². The molecule has 1 N–H and O–H groups in total. The molecular formula is C22H16F6N4O2. The van der Waals surface area contributed by atoms with Gasteiger partial charge < -0.3 is 9.47 Å². The van der Waals surface area contributed by atoms with E-state index >= 15 is 0 Å². The fourth-order valence-electron chi connectivity index (χ4n) is 3.15. The maximum atomic E-state index is 13.1. The van der Waals surface area contributed by atoms with Crippen molar-refractivity contribution in [3.8, 4) is 28.8 Å². The van der Waals surface area contributed by atoms with Crippen LogP contribution >= 0.6 is 0 Å². The summed E-state index contributed by atoms with van der Waals surface area (Å²) in [5.74, 6) is 0.883. The summed E-state index contributed by atoms with van der Waals surface area (Å²) in [5, 5.41) is 19.1. The second kappa shape index (κ2) is 8.89. The average molecular weight is 482 g/mol. The van der Waals surface area contributed by atoms with Gasteiger partial charge in [-0.1, -0.05) is 5.21 Å². The van der Waals surface area contributed by atoms with Gasteiger partial charge in [-0.05, 0) is 54.7 Å². The van der Waals surface area contributed by atoms with Gasteiger partial charge in [0.05, 0.1) is 17.7 Å². The Morgan fingerprint density at radius 1 is 0.912 bits per heavy atom. The van der Waals surface area contributed by atoms with Gasteiger partial charge in [-0.25, -0.2) is 5.10 Å². The molecule has 0 aliphatic heterocycles. The monoisotopic (exact) mass is 482 g/mol. The molecule has 3 aromatic rings. The summed E-state index contributed by atoms with van der Waals surface area (Å²) in [7, 11) is 0. The SMILES string of the molecule is N#Cc1[nH]nnc1-c1cc(OCc2cc(C(F)(F)F)cc(C(F)(F)F)c2)cc(OCC2CC2)c1. The minimum absolute atomic E-state index is 0.0575. The molecule has 0 amide bonds. The number of hydrogen-bond acceptors (Lipinski definition) is 5. The highest BCUT2D eigenvalue weighted by Gasteiger charge is 2.37. The summed E-state index contributed by atoms with van der Waals surface area (Å²) in [6.45, 7) is -0.127. The fraction of sp³-hybridized carbons (Fsp3) is 0.318. The molecule has 34 heavy (non-hydrogen) atoms. The molecule has 178 valence electrons. The van der Waals surface area contributed by atoms with E-state index in [-0.39, 0.29) is 28.8 Å². The van der Waals surface area contributed by atoms with Gasteiger partial charge in [0, 0.05) is 11.6 Å². The number of halogens is 6. The van der Waals surface area contributed by atoms with Crippen LogP contribution in [0.1, 0.15) is 35.2 Å². The molecule has 2 aromatic carbocycles. The Labute approximate surface area is 189 Å². The Hall–Kier alpha value is -3.75. The van der Waals surface area contributed by atoms with Crippen LogP contribution in [-0.4, -0.2) is 22.0 Å². The molecule has 0 atom stereocenters. The molecule has 1 fully saturated rings. The first-order valence-electron chi connectivity index (χ1n) is 10.0. The number of aromatic nitrogens is 3. The first-order chi connectivity index (χ1) is 16.0. The molecule has 6 nitrogen and oxygen atoms in total. The molecule has 1 aliphatic rings. The Kier molecular flexibility index (Phi) is 6.12. The number of hydrogen-bond donors (Lipinski definition) is 1. The van der Waals surface area contributed by atoms with Crippen molar-refractivity contribution < 1.29 is 35.8 Å². The molecule has 12 heteroatoms. The minimum Gasteiger partial charge on any atom is -0.493 e. The molecule has 0 radical (unpaired) electrons. The molecule has 4 rings (SSSR count). The average Bonchev–Trinajstić information content (AvgIpc) is 3.48. The van der Waals surface area contributed by atoms with Crippen LogP contribution in [0.2, 0.25) is 0 Å².